The lowest BCUT2D eigenvalue weighted by Gasteiger charge is -2.09. The number of carbonyl (C=O) groups is 1. The van der Waals surface area contributed by atoms with E-state index in [9.17, 15) is 9.59 Å². The number of anilines is 1. The molecular weight excluding hydrogens is 312 g/mol. The van der Waals surface area contributed by atoms with Crippen molar-refractivity contribution in [2.24, 2.45) is 0 Å². The van der Waals surface area contributed by atoms with Gasteiger partial charge in [-0.25, -0.2) is 9.48 Å². The molecule has 0 aliphatic carbocycles. The van der Waals surface area contributed by atoms with Crippen molar-refractivity contribution >= 4 is 17.2 Å². The molecule has 0 bridgehead atoms. The van der Waals surface area contributed by atoms with Crippen LogP contribution in [0.25, 0.3) is 5.65 Å². The first-order chi connectivity index (χ1) is 11.6. The van der Waals surface area contributed by atoms with Crippen molar-refractivity contribution in [3.8, 4) is 11.5 Å². The molecule has 0 saturated heterocycles. The van der Waals surface area contributed by atoms with Crippen molar-refractivity contribution in [1.29, 1.82) is 0 Å². The number of hydrogen-bond donors (Lipinski definition) is 1. The van der Waals surface area contributed by atoms with Crippen molar-refractivity contribution in [1.82, 2.24) is 14.2 Å². The fraction of sp³-hybridized carbons (Fsp3) is 0.188. The van der Waals surface area contributed by atoms with Crippen LogP contribution in [-0.4, -0.2) is 34.3 Å². The number of pyridine rings is 1. The molecule has 3 aromatic rings. The topological polar surface area (TPSA) is 86.9 Å². The van der Waals surface area contributed by atoms with Crippen LogP contribution < -0.4 is 20.5 Å². The Hall–Kier alpha value is -3.29. The van der Waals surface area contributed by atoms with Crippen LogP contribution in [0.1, 0.15) is 0 Å². The minimum Gasteiger partial charge on any atom is -0.497 e. The van der Waals surface area contributed by atoms with E-state index >= 15 is 0 Å². The highest BCUT2D eigenvalue weighted by atomic mass is 16.5. The van der Waals surface area contributed by atoms with E-state index in [1.165, 1.54) is 18.6 Å². The highest BCUT2D eigenvalue weighted by Gasteiger charge is 2.11. The summed E-state index contributed by atoms with van der Waals surface area (Å²) in [5, 5.41) is 6.82. The minimum atomic E-state index is -0.379. The van der Waals surface area contributed by atoms with Crippen LogP contribution in [0, 0.1) is 0 Å². The van der Waals surface area contributed by atoms with Gasteiger partial charge in [0.05, 0.1) is 14.2 Å². The van der Waals surface area contributed by atoms with Crippen LogP contribution in [0.3, 0.4) is 0 Å². The number of fused-ring (bicyclic) bond motifs is 1. The molecule has 0 atom stereocenters. The normalized spacial score (nSPS) is 10.6. The van der Waals surface area contributed by atoms with Crippen molar-refractivity contribution in [3.05, 3.63) is 53.1 Å². The lowest BCUT2D eigenvalue weighted by atomic mass is 10.2. The molecule has 1 aromatic carbocycles. The number of nitrogens with zero attached hydrogens (tertiary/aromatic N) is 3. The molecule has 0 saturated carbocycles. The molecule has 0 aliphatic rings. The van der Waals surface area contributed by atoms with E-state index in [1.54, 1.807) is 42.6 Å². The molecule has 0 aliphatic heterocycles. The Labute approximate surface area is 137 Å². The van der Waals surface area contributed by atoms with Gasteiger partial charge in [0, 0.05) is 30.1 Å². The number of carbonyl (C=O) groups excluding carboxylic acids is 1. The van der Waals surface area contributed by atoms with Gasteiger partial charge in [-0.2, -0.15) is 0 Å². The van der Waals surface area contributed by atoms with Crippen molar-refractivity contribution < 1.29 is 14.3 Å². The molecule has 3 rings (SSSR count). The average Bonchev–Trinajstić information content (AvgIpc) is 2.90. The van der Waals surface area contributed by atoms with Gasteiger partial charge in [0.1, 0.15) is 18.0 Å². The molecule has 1 N–H and O–H groups in total. The van der Waals surface area contributed by atoms with Crippen molar-refractivity contribution in [2.75, 3.05) is 19.5 Å². The van der Waals surface area contributed by atoms with Crippen LogP contribution in [0.15, 0.2) is 47.4 Å². The maximum atomic E-state index is 12.2. The lowest BCUT2D eigenvalue weighted by Crippen LogP contribution is -2.28. The zero-order valence-corrected chi connectivity index (χ0v) is 13.2. The molecular formula is C16H16N4O4. The van der Waals surface area contributed by atoms with Gasteiger partial charge in [-0.05, 0) is 12.1 Å². The Morgan fingerprint density at radius 2 is 1.88 bits per heavy atom. The SMILES string of the molecule is COc1cc(NC(=O)Cn2nc3ccccn3c2=O)cc(OC)c1. The third kappa shape index (κ3) is 3.07. The Morgan fingerprint density at radius 3 is 2.50 bits per heavy atom. The highest BCUT2D eigenvalue weighted by Crippen LogP contribution is 2.25. The number of benzene rings is 1. The van der Waals surface area contributed by atoms with Gasteiger partial charge in [0.15, 0.2) is 5.65 Å². The molecule has 1 amide bonds. The molecule has 2 aromatic heterocycles. The molecule has 8 heteroatoms. The van der Waals surface area contributed by atoms with E-state index in [0.29, 0.717) is 22.8 Å². The fourth-order valence-electron chi connectivity index (χ4n) is 2.29. The first kappa shape index (κ1) is 15.6. The Balaban J connectivity index is 1.80. The van der Waals surface area contributed by atoms with Gasteiger partial charge in [-0.1, -0.05) is 6.07 Å². The van der Waals surface area contributed by atoms with Crippen molar-refractivity contribution in [3.63, 3.8) is 0 Å². The molecule has 24 heavy (non-hydrogen) atoms. The summed E-state index contributed by atoms with van der Waals surface area (Å²) in [6, 6.07) is 10.2. The summed E-state index contributed by atoms with van der Waals surface area (Å²) in [5.74, 6) is 0.722. The van der Waals surface area contributed by atoms with Gasteiger partial charge in [-0.3, -0.25) is 9.20 Å². The summed E-state index contributed by atoms with van der Waals surface area (Å²) in [6.07, 6.45) is 1.60. The number of amides is 1. The largest absolute Gasteiger partial charge is 0.497 e. The third-order valence-electron chi connectivity index (χ3n) is 3.42. The van der Waals surface area contributed by atoms with Crippen LogP contribution in [0.2, 0.25) is 0 Å². The van der Waals surface area contributed by atoms with E-state index in [2.05, 4.69) is 10.4 Å². The standard InChI is InChI=1S/C16H16N4O4/c1-23-12-7-11(8-13(9-12)24-2)17-15(21)10-20-16(22)19-6-4-3-5-14(19)18-20/h3-9H,10H2,1-2H3,(H,17,21). The number of aromatic nitrogens is 3. The van der Waals surface area contributed by atoms with Crippen molar-refractivity contribution in [2.45, 2.75) is 6.54 Å². The zero-order valence-electron chi connectivity index (χ0n) is 13.2. The maximum Gasteiger partial charge on any atom is 0.350 e. The highest BCUT2D eigenvalue weighted by molar-refractivity contribution is 5.91. The zero-order chi connectivity index (χ0) is 17.1. The summed E-state index contributed by atoms with van der Waals surface area (Å²) in [4.78, 5) is 24.4. The monoisotopic (exact) mass is 328 g/mol. The molecule has 0 spiro atoms. The summed E-state index contributed by atoms with van der Waals surface area (Å²) in [5.41, 5.74) is 0.621. The summed E-state index contributed by atoms with van der Waals surface area (Å²) < 4.78 is 12.8. The van der Waals surface area contributed by atoms with Crippen LogP contribution >= 0.6 is 0 Å². The number of hydrogen-bond acceptors (Lipinski definition) is 5. The predicted octanol–water partition coefficient (Wildman–Crippen LogP) is 1.15. The van der Waals surface area contributed by atoms with E-state index in [4.69, 9.17) is 9.47 Å². The van der Waals surface area contributed by atoms with E-state index in [1.807, 2.05) is 0 Å². The molecule has 0 unspecified atom stereocenters. The second kappa shape index (κ2) is 6.45. The van der Waals surface area contributed by atoms with E-state index in [-0.39, 0.29) is 18.1 Å². The smallest absolute Gasteiger partial charge is 0.350 e. The quantitative estimate of drug-likeness (QED) is 0.759. The number of methoxy groups -OCH3 is 2. The van der Waals surface area contributed by atoms with E-state index < -0.39 is 0 Å². The lowest BCUT2D eigenvalue weighted by molar-refractivity contribution is -0.117. The number of ether oxygens (including phenoxy) is 2. The van der Waals surface area contributed by atoms with Crippen LogP contribution in [0.4, 0.5) is 5.69 Å². The Kier molecular flexibility index (Phi) is 4.19. The second-order valence-corrected chi connectivity index (χ2v) is 5.02. The van der Waals surface area contributed by atoms with Gasteiger partial charge in [-0.15, -0.1) is 5.10 Å². The third-order valence-corrected chi connectivity index (χ3v) is 3.42. The molecule has 0 fully saturated rings. The fourth-order valence-corrected chi connectivity index (χ4v) is 2.29. The summed E-state index contributed by atoms with van der Waals surface area (Å²) >= 11 is 0. The second-order valence-electron chi connectivity index (χ2n) is 5.02. The van der Waals surface area contributed by atoms with Crippen LogP contribution in [0.5, 0.6) is 11.5 Å². The summed E-state index contributed by atoms with van der Waals surface area (Å²) in [7, 11) is 3.05. The Bertz CT molecular complexity index is 922. The summed E-state index contributed by atoms with van der Waals surface area (Å²) in [6.45, 7) is -0.194. The predicted molar refractivity (Wildman–Crippen MR) is 87.6 cm³/mol. The number of rotatable bonds is 5. The van der Waals surface area contributed by atoms with Gasteiger partial charge >= 0.3 is 5.69 Å². The minimum absolute atomic E-state index is 0.194. The molecule has 124 valence electrons. The Morgan fingerprint density at radius 1 is 1.17 bits per heavy atom. The number of nitrogens with one attached hydrogen (secondary N) is 1. The van der Waals surface area contributed by atoms with Crippen LogP contribution in [-0.2, 0) is 11.3 Å². The first-order valence-electron chi connectivity index (χ1n) is 7.18. The first-order valence-corrected chi connectivity index (χ1v) is 7.18. The molecule has 2 heterocycles. The van der Waals surface area contributed by atoms with Gasteiger partial charge < -0.3 is 14.8 Å². The molecule has 8 nitrogen and oxygen atoms in total. The van der Waals surface area contributed by atoms with Gasteiger partial charge in [0.2, 0.25) is 5.91 Å². The molecule has 0 radical (unpaired) electrons. The average molecular weight is 328 g/mol. The maximum absolute atomic E-state index is 12.2. The van der Waals surface area contributed by atoms with Gasteiger partial charge in [0.25, 0.3) is 0 Å². The van der Waals surface area contributed by atoms with E-state index in [0.717, 1.165) is 4.68 Å².